The molecule has 0 fully saturated rings. The predicted octanol–water partition coefficient (Wildman–Crippen LogP) is 4.60. The van der Waals surface area contributed by atoms with Gasteiger partial charge in [0, 0.05) is 0 Å². The van der Waals surface area contributed by atoms with Gasteiger partial charge in [-0.15, -0.1) is 0 Å². The zero-order valence-corrected chi connectivity index (χ0v) is 9.25. The molecule has 0 saturated heterocycles. The van der Waals surface area contributed by atoms with Gasteiger partial charge in [-0.1, -0.05) is 36.4 Å². The molecule has 0 radical (unpaired) electrons. The summed E-state index contributed by atoms with van der Waals surface area (Å²) in [4.78, 5) is 0. The monoisotopic (exact) mass is 236 g/mol. The summed E-state index contributed by atoms with van der Waals surface area (Å²) >= 11 is 0. The Morgan fingerprint density at radius 3 is 1.94 bits per heavy atom. The smallest absolute Gasteiger partial charge is 0.166 e. The van der Waals surface area contributed by atoms with Gasteiger partial charge in [0.05, 0.1) is 5.56 Å². The average molecular weight is 236 g/mol. The summed E-state index contributed by atoms with van der Waals surface area (Å²) in [6.45, 7) is 1.90. The Labute approximate surface area is 97.8 Å². The number of alkyl halides is 3. The van der Waals surface area contributed by atoms with Gasteiger partial charge in [-0.05, 0) is 35.8 Å². The number of allylic oxidation sites excluding steroid dienone is 6. The third-order valence-corrected chi connectivity index (χ3v) is 2.74. The van der Waals surface area contributed by atoms with Gasteiger partial charge in [-0.2, -0.15) is 13.2 Å². The van der Waals surface area contributed by atoms with Crippen LogP contribution in [0.3, 0.4) is 0 Å². The van der Waals surface area contributed by atoms with E-state index in [0.29, 0.717) is 0 Å². The van der Waals surface area contributed by atoms with Crippen molar-refractivity contribution in [1.82, 2.24) is 0 Å². The first-order chi connectivity index (χ1) is 7.98. The molecule has 17 heavy (non-hydrogen) atoms. The Morgan fingerprint density at radius 2 is 1.47 bits per heavy atom. The predicted molar refractivity (Wildman–Crippen MR) is 62.3 cm³/mol. The standard InChI is InChI=1S/C14H11F3/c1-10(11-4-2-3-5-11)12-6-8-13(9-7-12)14(15,16)17/h2-9H,1H3. The van der Waals surface area contributed by atoms with E-state index in [1.807, 2.05) is 31.2 Å². The lowest BCUT2D eigenvalue weighted by molar-refractivity contribution is -0.137. The summed E-state index contributed by atoms with van der Waals surface area (Å²) in [5.41, 5.74) is 2.20. The highest BCUT2D eigenvalue weighted by atomic mass is 19.4. The summed E-state index contributed by atoms with van der Waals surface area (Å²) in [6, 6.07) is 5.24. The van der Waals surface area contributed by atoms with Crippen molar-refractivity contribution in [2.45, 2.75) is 13.1 Å². The van der Waals surface area contributed by atoms with Crippen LogP contribution in [-0.2, 0) is 6.18 Å². The van der Waals surface area contributed by atoms with Gasteiger partial charge in [-0.3, -0.25) is 0 Å². The topological polar surface area (TPSA) is 0 Å². The van der Waals surface area contributed by atoms with Gasteiger partial charge >= 0.3 is 6.18 Å². The highest BCUT2D eigenvalue weighted by Gasteiger charge is 2.29. The Kier molecular flexibility index (Phi) is 2.92. The molecule has 1 aliphatic carbocycles. The van der Waals surface area contributed by atoms with E-state index < -0.39 is 11.7 Å². The van der Waals surface area contributed by atoms with Gasteiger partial charge in [0.15, 0.2) is 0 Å². The molecule has 0 aromatic heterocycles. The zero-order chi connectivity index (χ0) is 12.5. The van der Waals surface area contributed by atoms with Crippen molar-refractivity contribution in [1.29, 1.82) is 0 Å². The first kappa shape index (κ1) is 11.7. The molecule has 3 heteroatoms. The lowest BCUT2D eigenvalue weighted by atomic mass is 10.0. The molecule has 1 aromatic rings. The van der Waals surface area contributed by atoms with E-state index >= 15 is 0 Å². The third-order valence-electron chi connectivity index (χ3n) is 2.74. The van der Waals surface area contributed by atoms with Crippen LogP contribution in [0.25, 0.3) is 5.57 Å². The first-order valence-corrected chi connectivity index (χ1v) is 5.22. The van der Waals surface area contributed by atoms with Crippen molar-refractivity contribution < 1.29 is 13.2 Å². The Balaban J connectivity index is 2.34. The molecule has 88 valence electrons. The number of halogens is 3. The molecule has 0 N–H and O–H groups in total. The minimum Gasteiger partial charge on any atom is -0.166 e. The molecular formula is C14H11F3. The van der Waals surface area contributed by atoms with Crippen LogP contribution >= 0.6 is 0 Å². The fraction of sp³-hybridized carbons (Fsp3) is 0.143. The van der Waals surface area contributed by atoms with E-state index in [1.165, 1.54) is 12.1 Å². The molecule has 0 saturated carbocycles. The van der Waals surface area contributed by atoms with E-state index in [9.17, 15) is 13.2 Å². The average Bonchev–Trinajstić information content (AvgIpc) is 2.80. The van der Waals surface area contributed by atoms with Crippen LogP contribution in [0.15, 0.2) is 54.1 Å². The highest BCUT2D eigenvalue weighted by Crippen LogP contribution is 2.30. The van der Waals surface area contributed by atoms with Crippen LogP contribution in [0, 0.1) is 0 Å². The van der Waals surface area contributed by atoms with Crippen molar-refractivity contribution in [2.75, 3.05) is 0 Å². The van der Waals surface area contributed by atoms with Gasteiger partial charge < -0.3 is 0 Å². The van der Waals surface area contributed by atoms with Crippen molar-refractivity contribution in [3.63, 3.8) is 0 Å². The lowest BCUT2D eigenvalue weighted by Gasteiger charge is -2.08. The van der Waals surface area contributed by atoms with Gasteiger partial charge in [0.25, 0.3) is 0 Å². The first-order valence-electron chi connectivity index (χ1n) is 5.22. The summed E-state index contributed by atoms with van der Waals surface area (Å²) in [5, 5.41) is 0. The second-order valence-corrected chi connectivity index (χ2v) is 3.87. The van der Waals surface area contributed by atoms with E-state index in [0.717, 1.165) is 28.8 Å². The maximum absolute atomic E-state index is 12.4. The van der Waals surface area contributed by atoms with Crippen molar-refractivity contribution in [2.24, 2.45) is 0 Å². The minimum absolute atomic E-state index is 0.614. The molecule has 0 unspecified atom stereocenters. The van der Waals surface area contributed by atoms with Gasteiger partial charge in [0.2, 0.25) is 0 Å². The number of hydrogen-bond acceptors (Lipinski definition) is 0. The summed E-state index contributed by atoms with van der Waals surface area (Å²) in [6.07, 6.45) is 3.42. The fourth-order valence-electron chi connectivity index (χ4n) is 1.70. The molecule has 0 spiro atoms. The molecular weight excluding hydrogens is 225 g/mol. The molecule has 0 bridgehead atoms. The number of rotatable bonds is 1. The zero-order valence-electron chi connectivity index (χ0n) is 9.25. The molecule has 0 aliphatic heterocycles. The molecule has 1 aromatic carbocycles. The quantitative estimate of drug-likeness (QED) is 0.668. The highest BCUT2D eigenvalue weighted by molar-refractivity contribution is 5.73. The Bertz CT molecular complexity index is 485. The number of hydrogen-bond donors (Lipinski definition) is 0. The van der Waals surface area contributed by atoms with E-state index in [1.54, 1.807) is 0 Å². The second-order valence-electron chi connectivity index (χ2n) is 3.87. The van der Waals surface area contributed by atoms with Crippen molar-refractivity contribution in [3.8, 4) is 0 Å². The normalized spacial score (nSPS) is 14.5. The summed E-state index contributed by atoms with van der Waals surface area (Å²) in [5.74, 6) is 0. The van der Waals surface area contributed by atoms with Crippen LogP contribution in [-0.4, -0.2) is 0 Å². The maximum Gasteiger partial charge on any atom is 0.416 e. The molecule has 0 atom stereocenters. The van der Waals surface area contributed by atoms with E-state index in [2.05, 4.69) is 0 Å². The van der Waals surface area contributed by atoms with E-state index in [-0.39, 0.29) is 0 Å². The fourth-order valence-corrected chi connectivity index (χ4v) is 1.70. The van der Waals surface area contributed by atoms with Crippen LogP contribution < -0.4 is 0 Å². The van der Waals surface area contributed by atoms with Crippen LogP contribution in [0.5, 0.6) is 0 Å². The molecule has 1 aliphatic rings. The largest absolute Gasteiger partial charge is 0.416 e. The van der Waals surface area contributed by atoms with Gasteiger partial charge in [-0.25, -0.2) is 0 Å². The molecule has 2 rings (SSSR count). The van der Waals surface area contributed by atoms with Crippen molar-refractivity contribution in [3.05, 3.63) is 65.3 Å². The lowest BCUT2D eigenvalue weighted by Crippen LogP contribution is -2.04. The number of benzene rings is 1. The molecule has 0 heterocycles. The minimum atomic E-state index is -4.27. The maximum atomic E-state index is 12.4. The Hall–Kier alpha value is -1.77. The van der Waals surface area contributed by atoms with Crippen LogP contribution in [0.4, 0.5) is 13.2 Å². The second kappa shape index (κ2) is 4.24. The van der Waals surface area contributed by atoms with Crippen molar-refractivity contribution >= 4 is 5.57 Å². The summed E-state index contributed by atoms with van der Waals surface area (Å²) in [7, 11) is 0. The Morgan fingerprint density at radius 1 is 0.941 bits per heavy atom. The third kappa shape index (κ3) is 2.49. The molecule has 0 amide bonds. The van der Waals surface area contributed by atoms with Crippen LogP contribution in [0.2, 0.25) is 0 Å². The van der Waals surface area contributed by atoms with E-state index in [4.69, 9.17) is 0 Å². The van der Waals surface area contributed by atoms with Gasteiger partial charge in [0.1, 0.15) is 0 Å². The summed E-state index contributed by atoms with van der Waals surface area (Å²) < 4.78 is 37.2. The van der Waals surface area contributed by atoms with Crippen LogP contribution in [0.1, 0.15) is 18.1 Å². The molecule has 0 nitrogen and oxygen atoms in total. The SMILES string of the molecule is CC(=C1C=CC=C1)c1ccc(C(F)(F)F)cc1.